The summed E-state index contributed by atoms with van der Waals surface area (Å²) in [7, 11) is 0. The van der Waals surface area contributed by atoms with Gasteiger partial charge in [-0.2, -0.15) is 5.26 Å². The number of carbonyl (C=O) groups is 1. The molecule has 0 bridgehead atoms. The summed E-state index contributed by atoms with van der Waals surface area (Å²) in [5.74, 6) is -2.60. The first-order chi connectivity index (χ1) is 8.93. The topological polar surface area (TPSA) is 73.1 Å². The summed E-state index contributed by atoms with van der Waals surface area (Å²) >= 11 is 0. The van der Waals surface area contributed by atoms with Crippen LogP contribution < -0.4 is 5.32 Å². The monoisotopic (exact) mass is 268 g/mol. The van der Waals surface area contributed by atoms with Gasteiger partial charge in [0.1, 0.15) is 5.69 Å². The van der Waals surface area contributed by atoms with Crippen LogP contribution in [0.5, 0.6) is 0 Å². The zero-order valence-corrected chi connectivity index (χ0v) is 10.4. The average Bonchev–Trinajstić information content (AvgIpc) is 2.34. The van der Waals surface area contributed by atoms with E-state index in [1.54, 1.807) is 13.0 Å². The van der Waals surface area contributed by atoms with Crippen molar-refractivity contribution in [1.29, 1.82) is 5.26 Å². The third kappa shape index (κ3) is 4.54. The van der Waals surface area contributed by atoms with E-state index in [0.717, 1.165) is 12.1 Å². The van der Waals surface area contributed by atoms with Crippen molar-refractivity contribution in [3.8, 4) is 6.07 Å². The van der Waals surface area contributed by atoms with Gasteiger partial charge < -0.3 is 10.4 Å². The number of halogens is 2. The van der Waals surface area contributed by atoms with Gasteiger partial charge in [-0.25, -0.2) is 8.78 Å². The molecule has 0 radical (unpaired) electrons. The Balaban J connectivity index is 2.63. The number of hydrogen-bond donors (Lipinski definition) is 2. The van der Waals surface area contributed by atoms with Crippen LogP contribution in [0.4, 0.5) is 14.5 Å². The number of benzene rings is 1. The third-order valence-electron chi connectivity index (χ3n) is 2.65. The third-order valence-corrected chi connectivity index (χ3v) is 2.65. The number of nitrogens with zero attached hydrogens (tertiary/aromatic N) is 1. The van der Waals surface area contributed by atoms with Crippen LogP contribution in [0.3, 0.4) is 0 Å². The molecule has 0 saturated heterocycles. The van der Waals surface area contributed by atoms with Gasteiger partial charge in [0.25, 0.3) is 0 Å². The predicted octanol–water partition coefficient (Wildman–Crippen LogP) is 2.75. The fourth-order valence-corrected chi connectivity index (χ4v) is 1.55. The molecule has 0 aliphatic carbocycles. The molecule has 0 amide bonds. The second-order valence-electron chi connectivity index (χ2n) is 4.35. The van der Waals surface area contributed by atoms with Gasteiger partial charge in [0, 0.05) is 13.0 Å². The molecule has 19 heavy (non-hydrogen) atoms. The molecular formula is C13H14F2N2O2. The second kappa shape index (κ2) is 6.69. The zero-order valence-electron chi connectivity index (χ0n) is 10.4. The highest BCUT2D eigenvalue weighted by Gasteiger charge is 2.12. The summed E-state index contributed by atoms with van der Waals surface area (Å²) in [6.45, 7) is 2.04. The zero-order chi connectivity index (χ0) is 14.4. The highest BCUT2D eigenvalue weighted by atomic mass is 19.1. The smallest absolute Gasteiger partial charge is 0.303 e. The van der Waals surface area contributed by atoms with Crippen LogP contribution in [-0.2, 0) is 4.79 Å². The van der Waals surface area contributed by atoms with Crippen molar-refractivity contribution in [2.45, 2.75) is 19.8 Å². The van der Waals surface area contributed by atoms with Gasteiger partial charge >= 0.3 is 5.97 Å². The minimum Gasteiger partial charge on any atom is -0.481 e. The van der Waals surface area contributed by atoms with E-state index in [2.05, 4.69) is 5.32 Å². The van der Waals surface area contributed by atoms with Crippen molar-refractivity contribution in [2.24, 2.45) is 5.92 Å². The first-order valence-electron chi connectivity index (χ1n) is 5.78. The Bertz CT molecular complexity index is 489. The minimum atomic E-state index is -0.900. The summed E-state index contributed by atoms with van der Waals surface area (Å²) in [5.41, 5.74) is -0.374. The molecule has 4 nitrogen and oxygen atoms in total. The van der Waals surface area contributed by atoms with Crippen molar-refractivity contribution >= 4 is 11.7 Å². The van der Waals surface area contributed by atoms with Crippen molar-refractivity contribution in [3.63, 3.8) is 0 Å². The fraction of sp³-hybridized carbons (Fsp3) is 0.385. The largest absolute Gasteiger partial charge is 0.481 e. The normalized spacial score (nSPS) is 11.7. The van der Waals surface area contributed by atoms with E-state index in [4.69, 9.17) is 10.4 Å². The number of anilines is 1. The molecule has 0 aliphatic rings. The van der Waals surface area contributed by atoms with Gasteiger partial charge in [0.2, 0.25) is 0 Å². The predicted molar refractivity (Wildman–Crippen MR) is 65.6 cm³/mol. The van der Waals surface area contributed by atoms with Crippen LogP contribution in [0.1, 0.15) is 25.3 Å². The lowest BCUT2D eigenvalue weighted by Gasteiger charge is -2.13. The number of nitriles is 1. The SMILES string of the molecule is CC(CCC(=O)O)CNc1c(F)cc(C#N)cc1F. The summed E-state index contributed by atoms with van der Waals surface area (Å²) in [4.78, 5) is 10.4. The van der Waals surface area contributed by atoms with Crippen molar-refractivity contribution < 1.29 is 18.7 Å². The van der Waals surface area contributed by atoms with Crippen LogP contribution >= 0.6 is 0 Å². The standard InChI is InChI=1S/C13H14F2N2O2/c1-8(2-3-12(18)19)7-17-13-10(14)4-9(6-16)5-11(13)15/h4-5,8,17H,2-3,7H2,1H3,(H,18,19). The summed E-state index contributed by atoms with van der Waals surface area (Å²) in [6, 6.07) is 3.56. The second-order valence-corrected chi connectivity index (χ2v) is 4.35. The molecule has 0 heterocycles. The average molecular weight is 268 g/mol. The molecule has 1 atom stereocenters. The Morgan fingerprint density at radius 2 is 2.05 bits per heavy atom. The molecule has 1 aromatic carbocycles. The van der Waals surface area contributed by atoms with E-state index in [9.17, 15) is 13.6 Å². The number of aliphatic carboxylic acids is 1. The summed E-state index contributed by atoms with van der Waals surface area (Å²) in [5, 5.41) is 19.7. The van der Waals surface area contributed by atoms with Gasteiger partial charge in [-0.15, -0.1) is 0 Å². The van der Waals surface area contributed by atoms with E-state index >= 15 is 0 Å². The molecule has 0 spiro atoms. The highest BCUT2D eigenvalue weighted by Crippen LogP contribution is 2.21. The first kappa shape index (κ1) is 14.9. The number of nitrogens with one attached hydrogen (secondary N) is 1. The molecule has 1 unspecified atom stereocenters. The molecule has 2 N–H and O–H groups in total. The Morgan fingerprint density at radius 1 is 1.47 bits per heavy atom. The maximum absolute atomic E-state index is 13.5. The van der Waals surface area contributed by atoms with Crippen LogP contribution in [0.25, 0.3) is 0 Å². The summed E-state index contributed by atoms with van der Waals surface area (Å²) < 4.78 is 27.0. The molecule has 0 saturated carbocycles. The molecule has 1 aromatic rings. The van der Waals surface area contributed by atoms with E-state index < -0.39 is 17.6 Å². The molecule has 102 valence electrons. The first-order valence-corrected chi connectivity index (χ1v) is 5.78. The Hall–Kier alpha value is -2.16. The Morgan fingerprint density at radius 3 is 2.53 bits per heavy atom. The van der Waals surface area contributed by atoms with E-state index in [1.807, 2.05) is 0 Å². The molecule has 0 aromatic heterocycles. The quantitative estimate of drug-likeness (QED) is 0.832. The van der Waals surface area contributed by atoms with E-state index in [-0.39, 0.29) is 30.1 Å². The maximum Gasteiger partial charge on any atom is 0.303 e. The molecule has 1 rings (SSSR count). The number of carboxylic acid groups (broad SMARTS) is 1. The van der Waals surface area contributed by atoms with Gasteiger partial charge in [-0.3, -0.25) is 4.79 Å². The van der Waals surface area contributed by atoms with Crippen LogP contribution in [-0.4, -0.2) is 17.6 Å². The number of hydrogen-bond acceptors (Lipinski definition) is 3. The van der Waals surface area contributed by atoms with E-state index in [0.29, 0.717) is 6.42 Å². The van der Waals surface area contributed by atoms with Gasteiger partial charge in [0.05, 0.1) is 11.6 Å². The van der Waals surface area contributed by atoms with Crippen LogP contribution in [0.15, 0.2) is 12.1 Å². The fourth-order valence-electron chi connectivity index (χ4n) is 1.55. The van der Waals surface area contributed by atoms with Gasteiger partial charge in [-0.1, -0.05) is 6.92 Å². The van der Waals surface area contributed by atoms with Crippen molar-refractivity contribution in [2.75, 3.05) is 11.9 Å². The maximum atomic E-state index is 13.5. The van der Waals surface area contributed by atoms with Crippen LogP contribution in [0.2, 0.25) is 0 Å². The Kier molecular flexibility index (Phi) is 5.24. The lowest BCUT2D eigenvalue weighted by molar-refractivity contribution is -0.137. The lowest BCUT2D eigenvalue weighted by Crippen LogP contribution is -2.14. The summed E-state index contributed by atoms with van der Waals surface area (Å²) in [6.07, 6.45) is 0.434. The molecular weight excluding hydrogens is 254 g/mol. The Labute approximate surface area is 109 Å². The van der Waals surface area contributed by atoms with Gasteiger partial charge in [-0.05, 0) is 24.5 Å². The van der Waals surface area contributed by atoms with E-state index in [1.165, 1.54) is 0 Å². The minimum absolute atomic E-state index is 0.0151. The van der Waals surface area contributed by atoms with Crippen molar-refractivity contribution in [3.05, 3.63) is 29.3 Å². The lowest BCUT2D eigenvalue weighted by atomic mass is 10.1. The number of carboxylic acids is 1. The molecule has 6 heteroatoms. The highest BCUT2D eigenvalue weighted by molar-refractivity contribution is 5.66. The van der Waals surface area contributed by atoms with Gasteiger partial charge in [0.15, 0.2) is 11.6 Å². The molecule has 0 aliphatic heterocycles. The van der Waals surface area contributed by atoms with Crippen molar-refractivity contribution in [1.82, 2.24) is 0 Å². The number of rotatable bonds is 6. The van der Waals surface area contributed by atoms with Crippen LogP contribution in [0, 0.1) is 28.9 Å². The molecule has 0 fully saturated rings.